The van der Waals surface area contributed by atoms with E-state index in [4.69, 9.17) is 0 Å². The first-order valence-corrected chi connectivity index (χ1v) is 18.2. The maximum absolute atomic E-state index is 3.67. The second-order valence-electron chi connectivity index (χ2n) is 13.4. The van der Waals surface area contributed by atoms with E-state index in [0.29, 0.717) is 0 Å². The third-order valence-electron chi connectivity index (χ3n) is 7.77. The van der Waals surface area contributed by atoms with E-state index in [2.05, 4.69) is 127 Å². The van der Waals surface area contributed by atoms with Crippen LogP contribution in [0.3, 0.4) is 0 Å². The van der Waals surface area contributed by atoms with Crippen molar-refractivity contribution in [2.45, 2.75) is 85.0 Å². The quantitative estimate of drug-likeness (QED) is 0.122. The number of rotatable bonds is 5. The summed E-state index contributed by atoms with van der Waals surface area (Å²) < 4.78 is 1.53. The molecule has 0 saturated heterocycles. The Bertz CT molecular complexity index is 1510. The summed E-state index contributed by atoms with van der Waals surface area (Å²) in [7, 11) is 0. The van der Waals surface area contributed by atoms with E-state index in [1.807, 2.05) is 41.7 Å². The Labute approximate surface area is 279 Å². The number of fused-ring (bicyclic) bond motifs is 3. The predicted octanol–water partition coefficient (Wildman–Crippen LogP) is 11.3. The standard InChI is InChI=1S/C21H25.C15H16S.C5H5.Hf/c1-20(2,3)16-7-9-18-14(12-16)11-15-13-17(21(4,5)6)8-10-19(15)18;1-2-3-9-14-10-11-15(16-14)12-13-7-5-4-6-8-13;1-2-4-5-3-1;/h7-10,12H,11H2,1-6H3;4-8,10-11H,2-3,9H2,1H3;1-5H;/q-1;;-1;+2. The van der Waals surface area contributed by atoms with Gasteiger partial charge in [0.15, 0.2) is 0 Å². The Morgan fingerprint density at radius 2 is 1.51 bits per heavy atom. The number of unbranched alkanes of at least 4 members (excludes halogenated alkanes) is 1. The monoisotopic (exact) mass is 750 g/mol. The fourth-order valence-corrected chi connectivity index (χ4v) is 7.56. The molecule has 0 amide bonds. The van der Waals surface area contributed by atoms with Gasteiger partial charge in [0.1, 0.15) is 0 Å². The molecule has 220 valence electrons. The average molecular weight is 749 g/mol. The van der Waals surface area contributed by atoms with Crippen molar-refractivity contribution in [1.82, 2.24) is 0 Å². The third kappa shape index (κ3) is 9.22. The molecule has 0 spiro atoms. The zero-order valence-electron chi connectivity index (χ0n) is 27.1. The first-order chi connectivity index (χ1) is 20.5. The molecule has 1 aromatic heterocycles. The molecule has 6 rings (SSSR count). The number of aryl methyl sites for hydroxylation is 1. The Hall–Kier alpha value is -2.55. The molecule has 1 aliphatic carbocycles. The zero-order valence-corrected chi connectivity index (χ0v) is 31.5. The van der Waals surface area contributed by atoms with Crippen molar-refractivity contribution in [2.75, 3.05) is 0 Å². The zero-order chi connectivity index (χ0) is 31.0. The van der Waals surface area contributed by atoms with Gasteiger partial charge in [-0.05, 0) is 28.4 Å². The molecule has 0 N–H and O–H groups in total. The van der Waals surface area contributed by atoms with Crippen LogP contribution in [0.4, 0.5) is 0 Å². The van der Waals surface area contributed by atoms with Gasteiger partial charge in [-0.25, -0.2) is 12.1 Å². The van der Waals surface area contributed by atoms with Crippen molar-refractivity contribution in [3.63, 3.8) is 0 Å². The largest absolute Gasteiger partial charge is 0.214 e. The fourth-order valence-electron chi connectivity index (χ4n) is 5.09. The van der Waals surface area contributed by atoms with E-state index in [9.17, 15) is 0 Å². The summed E-state index contributed by atoms with van der Waals surface area (Å²) in [5, 5.41) is 0. The summed E-state index contributed by atoms with van der Waals surface area (Å²) in [6.45, 7) is 15.9. The Morgan fingerprint density at radius 1 is 0.814 bits per heavy atom. The molecule has 4 aromatic carbocycles. The first kappa shape index (κ1) is 33.3. The summed E-state index contributed by atoms with van der Waals surface area (Å²) in [4.78, 5) is 3.00. The van der Waals surface area contributed by atoms with Crippen molar-refractivity contribution in [3.8, 4) is 11.1 Å². The average Bonchev–Trinajstić information content (AvgIpc) is 3.77. The van der Waals surface area contributed by atoms with E-state index < -0.39 is 0 Å². The third-order valence-corrected chi connectivity index (χ3v) is 11.6. The normalized spacial score (nSPS) is 11.9. The molecule has 0 nitrogen and oxygen atoms in total. The van der Waals surface area contributed by atoms with Gasteiger partial charge >= 0.3 is 122 Å². The predicted molar refractivity (Wildman–Crippen MR) is 186 cm³/mol. The van der Waals surface area contributed by atoms with Gasteiger partial charge in [0.2, 0.25) is 0 Å². The Morgan fingerprint density at radius 3 is 2.12 bits per heavy atom. The maximum Gasteiger partial charge on any atom is -0.172 e. The van der Waals surface area contributed by atoms with Gasteiger partial charge in [-0.2, -0.15) is 42.0 Å². The Kier molecular flexibility index (Phi) is 11.6. The minimum Gasteiger partial charge on any atom is -0.214 e. The summed E-state index contributed by atoms with van der Waals surface area (Å²) in [6, 6.07) is 40.5. The fraction of sp³-hybridized carbons (Fsp3) is 0.317. The van der Waals surface area contributed by atoms with Crippen LogP contribution in [-0.2, 0) is 47.6 Å². The SMILES string of the molecule is CC(C)(C)c1[c-]c2c(cc1)-c1ccc(C(C)(C)C)cc1C2.CCCCc1ccc([C](=[Hf+2])c2ccccc2)s1.c1cc[cH-]c1. The Balaban J connectivity index is 0.000000172. The van der Waals surface area contributed by atoms with Gasteiger partial charge in [-0.1, -0.05) is 65.3 Å². The second kappa shape index (κ2) is 15.0. The molecular formula is C41H46HfS. The molecule has 1 aliphatic rings. The van der Waals surface area contributed by atoms with E-state index in [-0.39, 0.29) is 10.8 Å². The number of thiophene rings is 1. The molecule has 5 aromatic rings. The van der Waals surface area contributed by atoms with Crippen molar-refractivity contribution < 1.29 is 23.9 Å². The van der Waals surface area contributed by atoms with Gasteiger partial charge in [0.05, 0.1) is 0 Å². The van der Waals surface area contributed by atoms with Crippen LogP contribution in [0.2, 0.25) is 0 Å². The molecule has 0 radical (unpaired) electrons. The summed E-state index contributed by atoms with van der Waals surface area (Å²) in [5.41, 5.74) is 10.1. The number of benzene rings is 3. The van der Waals surface area contributed by atoms with Crippen molar-refractivity contribution in [3.05, 3.63) is 147 Å². The van der Waals surface area contributed by atoms with E-state index in [0.717, 1.165) is 30.3 Å². The van der Waals surface area contributed by atoms with E-state index >= 15 is 0 Å². The van der Waals surface area contributed by atoms with Gasteiger partial charge in [-0.3, -0.25) is 0 Å². The van der Waals surface area contributed by atoms with Crippen molar-refractivity contribution >= 4 is 14.6 Å². The van der Waals surface area contributed by atoms with Crippen LogP contribution >= 0.6 is 11.3 Å². The van der Waals surface area contributed by atoms with Crippen molar-refractivity contribution in [1.29, 1.82) is 0 Å². The van der Waals surface area contributed by atoms with Crippen LogP contribution in [0.25, 0.3) is 11.1 Å². The molecule has 2 heteroatoms. The molecule has 0 bridgehead atoms. The molecule has 0 aliphatic heterocycles. The molecular weight excluding hydrogens is 703 g/mol. The molecule has 0 unspecified atom stereocenters. The minimum atomic E-state index is 0.167. The van der Waals surface area contributed by atoms with Gasteiger partial charge < -0.3 is 0 Å². The van der Waals surface area contributed by atoms with Crippen LogP contribution in [0.15, 0.2) is 103 Å². The van der Waals surface area contributed by atoms with Crippen molar-refractivity contribution in [2.24, 2.45) is 0 Å². The van der Waals surface area contributed by atoms with Crippen LogP contribution in [-0.4, -0.2) is 3.26 Å². The molecule has 0 saturated carbocycles. The molecule has 0 fully saturated rings. The topological polar surface area (TPSA) is 0 Å². The van der Waals surface area contributed by atoms with Crippen LogP contribution < -0.4 is 0 Å². The minimum absolute atomic E-state index is 0.167. The smallest absolute Gasteiger partial charge is 0.172 e. The number of hydrogen-bond donors (Lipinski definition) is 0. The number of hydrogen-bond acceptors (Lipinski definition) is 1. The maximum atomic E-state index is 3.67. The van der Waals surface area contributed by atoms with Gasteiger partial charge in [0.25, 0.3) is 0 Å². The van der Waals surface area contributed by atoms with Gasteiger partial charge in [0, 0.05) is 0 Å². The first-order valence-electron chi connectivity index (χ1n) is 15.6. The summed E-state index contributed by atoms with van der Waals surface area (Å²) in [6.07, 6.45) is 4.86. The summed E-state index contributed by atoms with van der Waals surface area (Å²) >= 11 is 3.08. The molecule has 0 atom stereocenters. The van der Waals surface area contributed by atoms with Crippen LogP contribution in [0.1, 0.15) is 98.9 Å². The molecule has 43 heavy (non-hydrogen) atoms. The second-order valence-corrected chi connectivity index (χ2v) is 16.4. The summed E-state index contributed by atoms with van der Waals surface area (Å²) in [5.74, 6) is 0. The van der Waals surface area contributed by atoms with E-state index in [1.54, 1.807) is 0 Å². The van der Waals surface area contributed by atoms with E-state index in [1.165, 1.54) is 71.2 Å². The van der Waals surface area contributed by atoms with Gasteiger partial charge in [-0.15, -0.1) is 11.1 Å². The molecule has 1 heterocycles. The van der Waals surface area contributed by atoms with Crippen LogP contribution in [0.5, 0.6) is 0 Å². The van der Waals surface area contributed by atoms with Crippen LogP contribution in [0, 0.1) is 6.07 Å².